The van der Waals surface area contributed by atoms with Gasteiger partial charge in [-0.15, -0.1) is 0 Å². The van der Waals surface area contributed by atoms with Gasteiger partial charge in [0.25, 0.3) is 0 Å². The number of rotatable bonds is 11. The molecule has 1 aliphatic carbocycles. The smallest absolute Gasteiger partial charge is 0.167 e. The van der Waals surface area contributed by atoms with Gasteiger partial charge in [-0.05, 0) is 62.5 Å². The molecule has 0 saturated heterocycles. The van der Waals surface area contributed by atoms with Gasteiger partial charge in [0.15, 0.2) is 5.78 Å². The van der Waals surface area contributed by atoms with E-state index in [2.05, 4.69) is 26.0 Å². The molecule has 0 amide bonds. The quantitative estimate of drug-likeness (QED) is 0.460. The number of hydrogen-bond acceptors (Lipinski definition) is 3. The Morgan fingerprint density at radius 2 is 1.88 bits per heavy atom. The molecule has 1 aliphatic rings. The second-order valence-electron chi connectivity index (χ2n) is 7.94. The minimum Gasteiger partial charge on any atom is -0.486 e. The first-order valence-electron chi connectivity index (χ1n) is 10.4. The van der Waals surface area contributed by atoms with Gasteiger partial charge < -0.3 is 9.47 Å². The molecular weight excluding hydrogens is 324 g/mol. The zero-order chi connectivity index (χ0) is 18.8. The van der Waals surface area contributed by atoms with Gasteiger partial charge in [0, 0.05) is 6.61 Å². The molecule has 1 aromatic carbocycles. The zero-order valence-corrected chi connectivity index (χ0v) is 16.8. The minimum absolute atomic E-state index is 0.0602. The van der Waals surface area contributed by atoms with E-state index in [0.717, 1.165) is 38.0 Å². The van der Waals surface area contributed by atoms with E-state index in [1.54, 1.807) is 6.92 Å². The molecule has 0 heterocycles. The number of benzene rings is 1. The first-order chi connectivity index (χ1) is 12.6. The van der Waals surface area contributed by atoms with Crippen molar-refractivity contribution in [3.05, 3.63) is 29.8 Å². The van der Waals surface area contributed by atoms with E-state index in [-0.39, 0.29) is 12.4 Å². The molecule has 0 radical (unpaired) electrons. The van der Waals surface area contributed by atoms with Gasteiger partial charge in [0.05, 0.1) is 6.10 Å². The van der Waals surface area contributed by atoms with Crippen molar-refractivity contribution in [2.45, 2.75) is 84.2 Å². The van der Waals surface area contributed by atoms with Crippen LogP contribution in [0.15, 0.2) is 24.3 Å². The Balaban J connectivity index is 1.77. The maximum Gasteiger partial charge on any atom is 0.167 e. The maximum absolute atomic E-state index is 11.2. The summed E-state index contributed by atoms with van der Waals surface area (Å²) < 4.78 is 11.9. The van der Waals surface area contributed by atoms with Crippen LogP contribution in [0.25, 0.3) is 0 Å². The Bertz CT molecular complexity index is 532. The van der Waals surface area contributed by atoms with Crippen molar-refractivity contribution in [1.82, 2.24) is 0 Å². The molecule has 1 saturated carbocycles. The van der Waals surface area contributed by atoms with Crippen molar-refractivity contribution < 1.29 is 14.3 Å². The predicted octanol–water partition coefficient (Wildman–Crippen LogP) is 5.91. The lowest BCUT2D eigenvalue weighted by atomic mass is 9.82. The highest BCUT2D eigenvalue weighted by molar-refractivity contribution is 5.77. The van der Waals surface area contributed by atoms with Gasteiger partial charge in [-0.1, -0.05) is 51.3 Å². The SMILES string of the molecule is CCCCCC(C)COC1CCC(c2ccccc2OCC(C)=O)CC1. The number of carbonyl (C=O) groups is 1. The van der Waals surface area contributed by atoms with Crippen molar-refractivity contribution in [3.8, 4) is 5.75 Å². The number of para-hydroxylation sites is 1. The molecule has 3 nitrogen and oxygen atoms in total. The van der Waals surface area contributed by atoms with Crippen LogP contribution < -0.4 is 4.74 Å². The fourth-order valence-electron chi connectivity index (χ4n) is 3.80. The molecule has 0 N–H and O–H groups in total. The van der Waals surface area contributed by atoms with Crippen LogP contribution in [0.2, 0.25) is 0 Å². The van der Waals surface area contributed by atoms with Crippen LogP contribution in [0.3, 0.4) is 0 Å². The van der Waals surface area contributed by atoms with E-state index < -0.39 is 0 Å². The van der Waals surface area contributed by atoms with E-state index in [9.17, 15) is 4.79 Å². The second-order valence-corrected chi connectivity index (χ2v) is 7.94. The summed E-state index contributed by atoms with van der Waals surface area (Å²) >= 11 is 0. The number of ketones is 1. The highest BCUT2D eigenvalue weighted by Gasteiger charge is 2.25. The van der Waals surface area contributed by atoms with Crippen molar-refractivity contribution in [3.63, 3.8) is 0 Å². The van der Waals surface area contributed by atoms with E-state index in [1.165, 1.54) is 31.2 Å². The molecule has 26 heavy (non-hydrogen) atoms. The molecule has 3 heteroatoms. The standard InChI is InChI=1S/C23H36O3/c1-4-5-6-9-18(2)16-25-21-14-12-20(13-15-21)22-10-7-8-11-23(22)26-17-19(3)24/h7-8,10-11,18,20-21H,4-6,9,12-17H2,1-3H3. The van der Waals surface area contributed by atoms with E-state index >= 15 is 0 Å². The topological polar surface area (TPSA) is 35.5 Å². The Labute approximate surface area is 159 Å². The van der Waals surface area contributed by atoms with Crippen LogP contribution in [-0.4, -0.2) is 25.1 Å². The summed E-state index contributed by atoms with van der Waals surface area (Å²) in [7, 11) is 0. The number of ether oxygens (including phenoxy) is 2. The van der Waals surface area contributed by atoms with Gasteiger partial charge in [-0.3, -0.25) is 4.79 Å². The first kappa shape index (κ1) is 21.0. The third-order valence-electron chi connectivity index (χ3n) is 5.38. The van der Waals surface area contributed by atoms with Crippen molar-refractivity contribution >= 4 is 5.78 Å². The Kier molecular flexibility index (Phi) is 9.17. The second kappa shape index (κ2) is 11.4. The molecule has 1 atom stereocenters. The summed E-state index contributed by atoms with van der Waals surface area (Å²) in [4.78, 5) is 11.2. The summed E-state index contributed by atoms with van der Waals surface area (Å²) in [5.74, 6) is 2.11. The highest BCUT2D eigenvalue weighted by atomic mass is 16.5. The van der Waals surface area contributed by atoms with Crippen molar-refractivity contribution in [1.29, 1.82) is 0 Å². The molecule has 0 spiro atoms. The molecule has 1 fully saturated rings. The van der Waals surface area contributed by atoms with Gasteiger partial charge >= 0.3 is 0 Å². The third-order valence-corrected chi connectivity index (χ3v) is 5.38. The summed E-state index contributed by atoms with van der Waals surface area (Å²) in [6.07, 6.45) is 10.1. The molecule has 1 aromatic rings. The van der Waals surface area contributed by atoms with Crippen molar-refractivity contribution in [2.24, 2.45) is 5.92 Å². The Hall–Kier alpha value is -1.35. The lowest BCUT2D eigenvalue weighted by molar-refractivity contribution is -0.118. The Morgan fingerprint density at radius 3 is 2.58 bits per heavy atom. The molecule has 146 valence electrons. The van der Waals surface area contributed by atoms with Crippen LogP contribution in [0, 0.1) is 5.92 Å². The summed E-state index contributed by atoms with van der Waals surface area (Å²) in [5, 5.41) is 0. The molecule has 2 rings (SSSR count). The number of Topliss-reactive ketones (excluding diaryl/α,β-unsaturated/α-hetero) is 1. The van der Waals surface area contributed by atoms with E-state index in [0.29, 0.717) is 17.9 Å². The number of unbranched alkanes of at least 4 members (excludes halogenated alkanes) is 2. The zero-order valence-electron chi connectivity index (χ0n) is 16.8. The average molecular weight is 361 g/mol. The van der Waals surface area contributed by atoms with Gasteiger partial charge in [0.1, 0.15) is 12.4 Å². The van der Waals surface area contributed by atoms with Gasteiger partial charge in [0.2, 0.25) is 0 Å². The minimum atomic E-state index is 0.0602. The van der Waals surface area contributed by atoms with Crippen LogP contribution in [0.1, 0.15) is 83.6 Å². The van der Waals surface area contributed by atoms with E-state index in [1.807, 2.05) is 12.1 Å². The Morgan fingerprint density at radius 1 is 1.15 bits per heavy atom. The van der Waals surface area contributed by atoms with Crippen molar-refractivity contribution in [2.75, 3.05) is 13.2 Å². The average Bonchev–Trinajstić information content (AvgIpc) is 2.65. The molecule has 0 aliphatic heterocycles. The summed E-state index contributed by atoms with van der Waals surface area (Å²) in [6.45, 7) is 7.18. The normalized spacial score (nSPS) is 21.3. The lowest BCUT2D eigenvalue weighted by Gasteiger charge is -2.30. The van der Waals surface area contributed by atoms with Crippen LogP contribution in [-0.2, 0) is 9.53 Å². The lowest BCUT2D eigenvalue weighted by Crippen LogP contribution is -2.23. The monoisotopic (exact) mass is 360 g/mol. The van der Waals surface area contributed by atoms with Gasteiger partial charge in [-0.25, -0.2) is 0 Å². The summed E-state index contributed by atoms with van der Waals surface area (Å²) in [5.41, 5.74) is 1.25. The van der Waals surface area contributed by atoms with E-state index in [4.69, 9.17) is 9.47 Å². The maximum atomic E-state index is 11.2. The fourth-order valence-corrected chi connectivity index (χ4v) is 3.80. The predicted molar refractivity (Wildman–Crippen MR) is 107 cm³/mol. The largest absolute Gasteiger partial charge is 0.486 e. The third kappa shape index (κ3) is 7.11. The van der Waals surface area contributed by atoms with Gasteiger partial charge in [-0.2, -0.15) is 0 Å². The van der Waals surface area contributed by atoms with Crippen LogP contribution in [0.4, 0.5) is 0 Å². The highest BCUT2D eigenvalue weighted by Crippen LogP contribution is 2.38. The summed E-state index contributed by atoms with van der Waals surface area (Å²) in [6, 6.07) is 8.18. The number of carbonyl (C=O) groups excluding carboxylic acids is 1. The molecule has 1 unspecified atom stereocenters. The first-order valence-corrected chi connectivity index (χ1v) is 10.4. The molecular formula is C23H36O3. The fraction of sp³-hybridized carbons (Fsp3) is 0.696. The number of hydrogen-bond donors (Lipinski definition) is 0. The molecule has 0 bridgehead atoms. The van der Waals surface area contributed by atoms with Crippen LogP contribution >= 0.6 is 0 Å². The van der Waals surface area contributed by atoms with Crippen LogP contribution in [0.5, 0.6) is 5.75 Å². The molecule has 0 aromatic heterocycles.